The molecule has 0 unspecified atom stereocenters. The van der Waals surface area contributed by atoms with Crippen LogP contribution in [0.2, 0.25) is 0 Å². The number of piperidine rings is 1. The number of rotatable bonds is 1. The number of anilines is 1. The van der Waals surface area contributed by atoms with Gasteiger partial charge in [0.15, 0.2) is 0 Å². The van der Waals surface area contributed by atoms with Crippen molar-refractivity contribution in [2.75, 3.05) is 18.0 Å². The van der Waals surface area contributed by atoms with Crippen molar-refractivity contribution in [3.05, 3.63) is 30.4 Å². The molecule has 0 amide bonds. The monoisotopic (exact) mass is 186 g/mol. The van der Waals surface area contributed by atoms with E-state index in [4.69, 9.17) is 5.26 Å². The minimum Gasteiger partial charge on any atom is -0.371 e. The highest BCUT2D eigenvalue weighted by atomic mass is 15.1. The molecule has 0 spiro atoms. The molecule has 0 N–H and O–H groups in total. The third-order valence-electron chi connectivity index (χ3n) is 2.43. The molecule has 1 fully saturated rings. The molecule has 2 heterocycles. The Bertz CT molecular complexity index is 348. The lowest BCUT2D eigenvalue weighted by molar-refractivity contribution is 0.678. The van der Waals surface area contributed by atoms with Crippen LogP contribution in [0, 0.1) is 17.8 Å². The van der Waals surface area contributed by atoms with Crippen LogP contribution in [0.5, 0.6) is 0 Å². The van der Waals surface area contributed by atoms with Gasteiger partial charge in [-0.05, 0) is 31.4 Å². The molecule has 0 atom stereocenters. The van der Waals surface area contributed by atoms with Crippen LogP contribution in [0.15, 0.2) is 18.3 Å². The van der Waals surface area contributed by atoms with Gasteiger partial charge in [-0.1, -0.05) is 0 Å². The standard InChI is InChI=1S/C11H12N3/c12-9-10-8-11(4-5-13-10)14-6-2-1-3-7-14/h1,4-5,8H,2-3,6-7H2. The van der Waals surface area contributed by atoms with Gasteiger partial charge < -0.3 is 4.90 Å². The fourth-order valence-electron chi connectivity index (χ4n) is 1.69. The van der Waals surface area contributed by atoms with Gasteiger partial charge in [-0.3, -0.25) is 0 Å². The average Bonchev–Trinajstić information content (AvgIpc) is 2.30. The predicted octanol–water partition coefficient (Wildman–Crippen LogP) is 1.76. The van der Waals surface area contributed by atoms with Crippen LogP contribution in [-0.2, 0) is 0 Å². The van der Waals surface area contributed by atoms with Crippen LogP contribution in [0.25, 0.3) is 0 Å². The maximum atomic E-state index is 8.72. The van der Waals surface area contributed by atoms with E-state index >= 15 is 0 Å². The molecule has 2 rings (SSSR count). The Morgan fingerprint density at radius 2 is 2.14 bits per heavy atom. The second kappa shape index (κ2) is 4.10. The summed E-state index contributed by atoms with van der Waals surface area (Å²) in [7, 11) is 0. The van der Waals surface area contributed by atoms with Crippen LogP contribution in [0.4, 0.5) is 5.69 Å². The van der Waals surface area contributed by atoms with Crippen LogP contribution >= 0.6 is 0 Å². The maximum absolute atomic E-state index is 8.72. The largest absolute Gasteiger partial charge is 0.371 e. The Hall–Kier alpha value is -1.56. The van der Waals surface area contributed by atoms with Crippen molar-refractivity contribution in [2.45, 2.75) is 12.8 Å². The van der Waals surface area contributed by atoms with Crippen LogP contribution in [0.1, 0.15) is 18.5 Å². The zero-order chi connectivity index (χ0) is 9.80. The Labute approximate surface area is 84.0 Å². The van der Waals surface area contributed by atoms with Gasteiger partial charge in [0.2, 0.25) is 0 Å². The highest BCUT2D eigenvalue weighted by Gasteiger charge is 2.11. The second-order valence-corrected chi connectivity index (χ2v) is 3.36. The van der Waals surface area contributed by atoms with Crippen molar-refractivity contribution in [1.29, 1.82) is 5.26 Å². The van der Waals surface area contributed by atoms with Crippen molar-refractivity contribution in [3.63, 3.8) is 0 Å². The molecule has 1 aromatic rings. The summed E-state index contributed by atoms with van der Waals surface area (Å²) in [6.07, 6.45) is 6.27. The number of hydrogen-bond acceptors (Lipinski definition) is 3. The van der Waals surface area contributed by atoms with Crippen LogP contribution in [0.3, 0.4) is 0 Å². The number of nitriles is 1. The molecular weight excluding hydrogens is 174 g/mol. The topological polar surface area (TPSA) is 39.9 Å². The molecule has 3 heteroatoms. The summed E-state index contributed by atoms with van der Waals surface area (Å²) in [5, 5.41) is 8.72. The smallest absolute Gasteiger partial charge is 0.142 e. The fraction of sp³-hybridized carbons (Fsp3) is 0.364. The van der Waals surface area contributed by atoms with Gasteiger partial charge in [-0.15, -0.1) is 0 Å². The van der Waals surface area contributed by atoms with E-state index in [1.165, 1.54) is 0 Å². The normalized spacial score (nSPS) is 16.4. The quantitative estimate of drug-likeness (QED) is 0.671. The third-order valence-corrected chi connectivity index (χ3v) is 2.43. The SMILES string of the molecule is N#Cc1cc(N2CC[CH]CC2)ccn1. The summed E-state index contributed by atoms with van der Waals surface area (Å²) in [6, 6.07) is 5.88. The summed E-state index contributed by atoms with van der Waals surface area (Å²) in [5.41, 5.74) is 1.61. The van der Waals surface area contributed by atoms with E-state index in [1.807, 2.05) is 12.1 Å². The van der Waals surface area contributed by atoms with Crippen molar-refractivity contribution >= 4 is 5.69 Å². The summed E-state index contributed by atoms with van der Waals surface area (Å²) in [4.78, 5) is 6.25. The van der Waals surface area contributed by atoms with E-state index in [9.17, 15) is 0 Å². The van der Waals surface area contributed by atoms with Crippen molar-refractivity contribution in [3.8, 4) is 6.07 Å². The lowest BCUT2D eigenvalue weighted by Crippen LogP contribution is -2.29. The van der Waals surface area contributed by atoms with Crippen LogP contribution < -0.4 is 4.90 Å². The number of hydrogen-bond donors (Lipinski definition) is 0. The van der Waals surface area contributed by atoms with E-state index in [2.05, 4.69) is 22.4 Å². The molecule has 0 bridgehead atoms. The molecule has 1 radical (unpaired) electrons. The van der Waals surface area contributed by atoms with Crippen LogP contribution in [-0.4, -0.2) is 18.1 Å². The second-order valence-electron chi connectivity index (χ2n) is 3.36. The van der Waals surface area contributed by atoms with E-state index in [0.717, 1.165) is 31.6 Å². The van der Waals surface area contributed by atoms with Crippen molar-refractivity contribution < 1.29 is 0 Å². The van der Waals surface area contributed by atoms with E-state index in [0.29, 0.717) is 5.69 Å². The lowest BCUT2D eigenvalue weighted by atomic mass is 10.1. The summed E-state index contributed by atoms with van der Waals surface area (Å²) in [5.74, 6) is 0. The number of aromatic nitrogens is 1. The fourth-order valence-corrected chi connectivity index (χ4v) is 1.69. The van der Waals surface area contributed by atoms with Gasteiger partial charge in [0.1, 0.15) is 11.8 Å². The Morgan fingerprint density at radius 3 is 2.86 bits per heavy atom. The van der Waals surface area contributed by atoms with Gasteiger partial charge in [0.25, 0.3) is 0 Å². The van der Waals surface area contributed by atoms with Gasteiger partial charge in [-0.25, -0.2) is 4.98 Å². The Balaban J connectivity index is 2.18. The Morgan fingerprint density at radius 1 is 1.36 bits per heavy atom. The first-order valence-electron chi connectivity index (χ1n) is 4.83. The Kier molecular flexibility index (Phi) is 2.64. The minimum absolute atomic E-state index is 0.497. The first-order valence-corrected chi connectivity index (χ1v) is 4.83. The number of pyridine rings is 1. The highest BCUT2D eigenvalue weighted by molar-refractivity contribution is 5.49. The van der Waals surface area contributed by atoms with Crippen molar-refractivity contribution in [1.82, 2.24) is 4.98 Å². The molecule has 0 saturated carbocycles. The first-order chi connectivity index (χ1) is 6.90. The molecule has 3 nitrogen and oxygen atoms in total. The molecular formula is C11H12N3. The predicted molar refractivity (Wildman–Crippen MR) is 54.7 cm³/mol. The lowest BCUT2D eigenvalue weighted by Gasteiger charge is -2.28. The molecule has 0 aliphatic carbocycles. The minimum atomic E-state index is 0.497. The first kappa shape index (κ1) is 9.01. The van der Waals surface area contributed by atoms with Gasteiger partial charge in [-0.2, -0.15) is 5.26 Å². The summed E-state index contributed by atoms with van der Waals surface area (Å²) in [6.45, 7) is 2.10. The number of nitrogens with zero attached hydrogens (tertiary/aromatic N) is 3. The molecule has 71 valence electrons. The molecule has 1 aliphatic heterocycles. The zero-order valence-corrected chi connectivity index (χ0v) is 7.98. The van der Waals surface area contributed by atoms with Gasteiger partial charge in [0.05, 0.1) is 0 Å². The third kappa shape index (κ3) is 1.85. The average molecular weight is 186 g/mol. The summed E-state index contributed by atoms with van der Waals surface area (Å²) >= 11 is 0. The summed E-state index contributed by atoms with van der Waals surface area (Å²) < 4.78 is 0. The zero-order valence-electron chi connectivity index (χ0n) is 7.98. The molecule has 0 aromatic carbocycles. The maximum Gasteiger partial charge on any atom is 0.142 e. The molecule has 1 saturated heterocycles. The molecule has 1 aromatic heterocycles. The van der Waals surface area contributed by atoms with E-state index in [1.54, 1.807) is 6.20 Å². The van der Waals surface area contributed by atoms with E-state index < -0.39 is 0 Å². The van der Waals surface area contributed by atoms with Crippen molar-refractivity contribution in [2.24, 2.45) is 0 Å². The molecule has 1 aliphatic rings. The van der Waals surface area contributed by atoms with Gasteiger partial charge >= 0.3 is 0 Å². The van der Waals surface area contributed by atoms with E-state index in [-0.39, 0.29) is 0 Å². The highest BCUT2D eigenvalue weighted by Crippen LogP contribution is 2.18. The molecule has 14 heavy (non-hydrogen) atoms. The van der Waals surface area contributed by atoms with Gasteiger partial charge in [0, 0.05) is 25.0 Å².